The van der Waals surface area contributed by atoms with Gasteiger partial charge in [0.25, 0.3) is 0 Å². The molecular weight excluding hydrogens is 262 g/mol. The zero-order chi connectivity index (χ0) is 15.7. The van der Waals surface area contributed by atoms with Crippen LogP contribution in [-0.4, -0.2) is 36.1 Å². The van der Waals surface area contributed by atoms with E-state index in [1.807, 2.05) is 0 Å². The third kappa shape index (κ3) is 3.62. The SMILES string of the molecule is CCCN(CC)C1(C)COC2(CCC(C(C)(C)C)CC2)O1. The van der Waals surface area contributed by atoms with Crippen LogP contribution in [0.2, 0.25) is 0 Å². The van der Waals surface area contributed by atoms with Gasteiger partial charge in [-0.05, 0) is 44.1 Å². The van der Waals surface area contributed by atoms with Crippen molar-refractivity contribution in [2.45, 2.75) is 85.2 Å². The quantitative estimate of drug-likeness (QED) is 0.767. The van der Waals surface area contributed by atoms with E-state index >= 15 is 0 Å². The molecule has 3 nitrogen and oxygen atoms in total. The van der Waals surface area contributed by atoms with Gasteiger partial charge in [0.2, 0.25) is 0 Å². The Labute approximate surface area is 131 Å². The van der Waals surface area contributed by atoms with Crippen molar-refractivity contribution in [3.05, 3.63) is 0 Å². The predicted molar refractivity (Wildman–Crippen MR) is 87.1 cm³/mol. The fraction of sp³-hybridized carbons (Fsp3) is 1.00. The highest BCUT2D eigenvalue weighted by Crippen LogP contribution is 2.48. The van der Waals surface area contributed by atoms with Crippen molar-refractivity contribution in [2.24, 2.45) is 11.3 Å². The van der Waals surface area contributed by atoms with Gasteiger partial charge in [-0.1, -0.05) is 34.6 Å². The Bertz CT molecular complexity index is 342. The Hall–Kier alpha value is -0.120. The van der Waals surface area contributed by atoms with Crippen LogP contribution in [0.1, 0.15) is 73.6 Å². The molecule has 2 aliphatic rings. The summed E-state index contributed by atoms with van der Waals surface area (Å²) in [7, 11) is 0. The molecule has 3 heteroatoms. The minimum absolute atomic E-state index is 0.237. The minimum atomic E-state index is -0.308. The summed E-state index contributed by atoms with van der Waals surface area (Å²) >= 11 is 0. The molecule has 1 saturated carbocycles. The lowest BCUT2D eigenvalue weighted by Crippen LogP contribution is -2.50. The summed E-state index contributed by atoms with van der Waals surface area (Å²) in [5.41, 5.74) is 0.167. The van der Waals surface area contributed by atoms with E-state index < -0.39 is 0 Å². The number of likely N-dealkylation sites (N-methyl/N-ethyl adjacent to an activating group) is 1. The van der Waals surface area contributed by atoms with Crippen LogP contribution in [0.5, 0.6) is 0 Å². The van der Waals surface area contributed by atoms with Crippen molar-refractivity contribution in [1.82, 2.24) is 4.90 Å². The van der Waals surface area contributed by atoms with Gasteiger partial charge in [0.15, 0.2) is 5.79 Å². The maximum Gasteiger partial charge on any atom is 0.171 e. The predicted octanol–water partition coefficient (Wildman–Crippen LogP) is 4.41. The molecule has 0 aromatic rings. The maximum absolute atomic E-state index is 6.55. The van der Waals surface area contributed by atoms with Crippen LogP contribution in [0.15, 0.2) is 0 Å². The Morgan fingerprint density at radius 2 is 1.76 bits per heavy atom. The minimum Gasteiger partial charge on any atom is -0.345 e. The van der Waals surface area contributed by atoms with Crippen molar-refractivity contribution in [3.63, 3.8) is 0 Å². The Balaban J connectivity index is 1.99. The van der Waals surface area contributed by atoms with E-state index in [0.29, 0.717) is 12.0 Å². The van der Waals surface area contributed by atoms with Gasteiger partial charge in [-0.2, -0.15) is 0 Å². The first-order valence-electron chi connectivity index (χ1n) is 8.84. The Morgan fingerprint density at radius 3 is 2.24 bits per heavy atom. The van der Waals surface area contributed by atoms with E-state index in [9.17, 15) is 0 Å². The van der Waals surface area contributed by atoms with Crippen molar-refractivity contribution in [2.75, 3.05) is 19.7 Å². The summed E-state index contributed by atoms with van der Waals surface area (Å²) in [4.78, 5) is 2.43. The van der Waals surface area contributed by atoms with E-state index in [0.717, 1.165) is 38.3 Å². The molecule has 0 aromatic carbocycles. The van der Waals surface area contributed by atoms with E-state index in [1.54, 1.807) is 0 Å². The second-order valence-corrected chi connectivity index (χ2v) is 8.20. The smallest absolute Gasteiger partial charge is 0.171 e. The fourth-order valence-electron chi connectivity index (χ4n) is 4.05. The molecule has 21 heavy (non-hydrogen) atoms. The van der Waals surface area contributed by atoms with E-state index in [2.05, 4.69) is 46.4 Å². The monoisotopic (exact) mass is 297 g/mol. The normalized spacial score (nSPS) is 37.6. The van der Waals surface area contributed by atoms with Crippen molar-refractivity contribution in [1.29, 1.82) is 0 Å². The van der Waals surface area contributed by atoms with Crippen molar-refractivity contribution in [3.8, 4) is 0 Å². The zero-order valence-corrected chi connectivity index (χ0v) is 15.0. The number of nitrogens with zero attached hydrogens (tertiary/aromatic N) is 1. The highest BCUT2D eigenvalue weighted by atomic mass is 16.8. The van der Waals surface area contributed by atoms with Crippen LogP contribution in [0.4, 0.5) is 0 Å². The maximum atomic E-state index is 6.55. The lowest BCUT2D eigenvalue weighted by atomic mass is 9.71. The topological polar surface area (TPSA) is 21.7 Å². The molecular formula is C18H35NO2. The summed E-state index contributed by atoms with van der Waals surface area (Å²) < 4.78 is 12.8. The van der Waals surface area contributed by atoms with E-state index in [4.69, 9.17) is 9.47 Å². The molecule has 1 spiro atoms. The number of hydrogen-bond donors (Lipinski definition) is 0. The van der Waals surface area contributed by atoms with Gasteiger partial charge >= 0.3 is 0 Å². The molecule has 0 aromatic heterocycles. The van der Waals surface area contributed by atoms with Crippen LogP contribution in [-0.2, 0) is 9.47 Å². The molecule has 1 heterocycles. The summed E-state index contributed by atoms with van der Waals surface area (Å²) in [5, 5.41) is 0. The number of ether oxygens (including phenoxy) is 2. The van der Waals surface area contributed by atoms with Crippen LogP contribution >= 0.6 is 0 Å². The number of rotatable bonds is 4. The third-order valence-electron chi connectivity index (χ3n) is 5.53. The molecule has 124 valence electrons. The Morgan fingerprint density at radius 1 is 1.14 bits per heavy atom. The number of hydrogen-bond acceptors (Lipinski definition) is 3. The molecule has 0 N–H and O–H groups in total. The molecule has 0 amide bonds. The van der Waals surface area contributed by atoms with Gasteiger partial charge in [-0.25, -0.2) is 0 Å². The van der Waals surface area contributed by atoms with Crippen LogP contribution in [0.3, 0.4) is 0 Å². The van der Waals surface area contributed by atoms with Crippen LogP contribution in [0.25, 0.3) is 0 Å². The van der Waals surface area contributed by atoms with Crippen molar-refractivity contribution >= 4 is 0 Å². The molecule has 0 bridgehead atoms. The molecule has 1 atom stereocenters. The average Bonchev–Trinajstić information content (AvgIpc) is 2.73. The van der Waals surface area contributed by atoms with Gasteiger partial charge in [-0.15, -0.1) is 0 Å². The van der Waals surface area contributed by atoms with Gasteiger partial charge in [-0.3, -0.25) is 4.90 Å². The summed E-state index contributed by atoms with van der Waals surface area (Å²) in [5.74, 6) is 0.484. The molecule has 2 fully saturated rings. The van der Waals surface area contributed by atoms with Gasteiger partial charge in [0.1, 0.15) is 5.72 Å². The average molecular weight is 297 g/mol. The first kappa shape index (κ1) is 17.2. The second kappa shape index (κ2) is 6.17. The highest BCUT2D eigenvalue weighted by molar-refractivity contribution is 4.92. The lowest BCUT2D eigenvalue weighted by Gasteiger charge is -2.43. The van der Waals surface area contributed by atoms with Crippen molar-refractivity contribution < 1.29 is 9.47 Å². The molecule has 1 saturated heterocycles. The zero-order valence-electron chi connectivity index (χ0n) is 15.0. The second-order valence-electron chi connectivity index (χ2n) is 8.20. The van der Waals surface area contributed by atoms with E-state index in [-0.39, 0.29) is 11.5 Å². The fourth-order valence-corrected chi connectivity index (χ4v) is 4.05. The molecule has 1 aliphatic carbocycles. The highest BCUT2D eigenvalue weighted by Gasteiger charge is 2.52. The van der Waals surface area contributed by atoms with Gasteiger partial charge in [0, 0.05) is 19.4 Å². The van der Waals surface area contributed by atoms with E-state index in [1.165, 1.54) is 12.8 Å². The standard InChI is InChI=1S/C18H35NO2/c1-7-13-19(8-2)17(6)14-20-18(21-17)11-9-15(10-12-18)16(3,4)5/h15H,7-14H2,1-6H3. The lowest BCUT2D eigenvalue weighted by molar-refractivity contribution is -0.235. The molecule has 2 rings (SSSR count). The van der Waals surface area contributed by atoms with Gasteiger partial charge in [0.05, 0.1) is 6.61 Å². The molecule has 0 radical (unpaired) electrons. The van der Waals surface area contributed by atoms with Crippen LogP contribution < -0.4 is 0 Å². The first-order chi connectivity index (χ1) is 9.75. The summed E-state index contributed by atoms with van der Waals surface area (Å²) in [6.07, 6.45) is 5.70. The summed E-state index contributed by atoms with van der Waals surface area (Å²) in [6, 6.07) is 0. The largest absolute Gasteiger partial charge is 0.345 e. The van der Waals surface area contributed by atoms with Crippen LogP contribution in [0, 0.1) is 11.3 Å². The molecule has 1 aliphatic heterocycles. The summed E-state index contributed by atoms with van der Waals surface area (Å²) in [6.45, 7) is 16.5. The molecule has 1 unspecified atom stereocenters. The van der Waals surface area contributed by atoms with Gasteiger partial charge < -0.3 is 9.47 Å². The Kier molecular flexibility index (Phi) is 5.07. The first-order valence-corrected chi connectivity index (χ1v) is 8.84. The third-order valence-corrected chi connectivity index (χ3v) is 5.53.